The molecule has 1 aliphatic carbocycles. The van der Waals surface area contributed by atoms with E-state index in [1.165, 1.54) is 7.11 Å². The number of hydrogen-bond acceptors (Lipinski definition) is 3. The predicted molar refractivity (Wildman–Crippen MR) is 109 cm³/mol. The summed E-state index contributed by atoms with van der Waals surface area (Å²) in [4.78, 5) is 25.5. The Morgan fingerprint density at radius 2 is 1.81 bits per heavy atom. The third-order valence-corrected chi connectivity index (χ3v) is 5.78. The van der Waals surface area contributed by atoms with E-state index in [2.05, 4.69) is 17.6 Å². The highest BCUT2D eigenvalue weighted by Gasteiger charge is 2.30. The minimum absolute atomic E-state index is 0.00237. The molecule has 0 unspecified atom stereocenters. The zero-order valence-electron chi connectivity index (χ0n) is 16.9. The van der Waals surface area contributed by atoms with Crippen molar-refractivity contribution in [2.24, 2.45) is 17.8 Å². The molecule has 0 aliphatic heterocycles. The molecule has 5 nitrogen and oxygen atoms in total. The van der Waals surface area contributed by atoms with Crippen molar-refractivity contribution in [2.75, 3.05) is 12.4 Å². The number of halogens is 1. The van der Waals surface area contributed by atoms with Gasteiger partial charge in [-0.2, -0.15) is 0 Å². The standard InChI is InChI=1S/C21H31ClN2O3/c1-12(2)19(24-20(25)15-8-6-13(3)7-9-15)21(26)23-17-10-14(4)16(22)11-18(17)27-5/h10-13,15,19H,6-9H2,1-5H3,(H,23,26)(H,24,25)/t13?,15?,19-/m0/s1. The number of carbonyl (C=O) groups is 2. The second kappa shape index (κ2) is 9.45. The van der Waals surface area contributed by atoms with Crippen molar-refractivity contribution in [3.63, 3.8) is 0 Å². The minimum atomic E-state index is -0.599. The number of carbonyl (C=O) groups excluding carboxylic acids is 2. The van der Waals surface area contributed by atoms with Gasteiger partial charge >= 0.3 is 0 Å². The second-order valence-corrected chi connectivity index (χ2v) is 8.39. The van der Waals surface area contributed by atoms with Gasteiger partial charge in [-0.25, -0.2) is 0 Å². The lowest BCUT2D eigenvalue weighted by atomic mass is 9.82. The molecule has 1 aromatic carbocycles. The van der Waals surface area contributed by atoms with Crippen LogP contribution < -0.4 is 15.4 Å². The fourth-order valence-electron chi connectivity index (χ4n) is 3.47. The van der Waals surface area contributed by atoms with Crippen molar-refractivity contribution >= 4 is 29.1 Å². The Bertz CT molecular complexity index is 682. The molecule has 0 spiro atoms. The quantitative estimate of drug-likeness (QED) is 0.743. The maximum absolute atomic E-state index is 12.9. The lowest BCUT2D eigenvalue weighted by Crippen LogP contribution is -2.49. The summed E-state index contributed by atoms with van der Waals surface area (Å²) in [6.07, 6.45) is 3.92. The van der Waals surface area contributed by atoms with Crippen molar-refractivity contribution in [3.05, 3.63) is 22.7 Å². The molecule has 1 atom stereocenters. The molecule has 2 rings (SSSR count). The molecule has 1 fully saturated rings. The van der Waals surface area contributed by atoms with E-state index < -0.39 is 6.04 Å². The average Bonchev–Trinajstić information content (AvgIpc) is 2.62. The molecule has 0 radical (unpaired) electrons. The highest BCUT2D eigenvalue weighted by atomic mass is 35.5. The lowest BCUT2D eigenvalue weighted by Gasteiger charge is -2.28. The Balaban J connectivity index is 2.09. The predicted octanol–water partition coefficient (Wildman–Crippen LogP) is 4.56. The molecule has 2 amide bonds. The van der Waals surface area contributed by atoms with E-state index in [1.54, 1.807) is 12.1 Å². The molecule has 1 saturated carbocycles. The second-order valence-electron chi connectivity index (χ2n) is 7.98. The van der Waals surface area contributed by atoms with E-state index in [0.29, 0.717) is 22.4 Å². The molecule has 0 bridgehead atoms. The number of methoxy groups -OCH3 is 1. The number of ether oxygens (including phenoxy) is 1. The van der Waals surface area contributed by atoms with Crippen molar-refractivity contribution in [3.8, 4) is 5.75 Å². The van der Waals surface area contributed by atoms with Crippen molar-refractivity contribution in [2.45, 2.75) is 59.4 Å². The minimum Gasteiger partial charge on any atom is -0.495 e. The number of anilines is 1. The molecule has 0 saturated heterocycles. The maximum atomic E-state index is 12.9. The largest absolute Gasteiger partial charge is 0.495 e. The molecule has 6 heteroatoms. The summed E-state index contributed by atoms with van der Waals surface area (Å²) in [6, 6.07) is 2.86. The van der Waals surface area contributed by atoms with Crippen molar-refractivity contribution in [1.82, 2.24) is 5.32 Å². The van der Waals surface area contributed by atoms with Gasteiger partial charge in [0.1, 0.15) is 11.8 Å². The van der Waals surface area contributed by atoms with Gasteiger partial charge in [-0.1, -0.05) is 32.4 Å². The van der Waals surface area contributed by atoms with Gasteiger partial charge in [0.15, 0.2) is 0 Å². The zero-order valence-corrected chi connectivity index (χ0v) is 17.7. The van der Waals surface area contributed by atoms with Gasteiger partial charge in [0.05, 0.1) is 12.8 Å². The molecular weight excluding hydrogens is 364 g/mol. The van der Waals surface area contributed by atoms with Gasteiger partial charge in [0.2, 0.25) is 11.8 Å². The third kappa shape index (κ3) is 5.61. The van der Waals surface area contributed by atoms with Crippen LogP contribution in [0.2, 0.25) is 5.02 Å². The van der Waals surface area contributed by atoms with Crippen LogP contribution in [0.5, 0.6) is 5.75 Å². The van der Waals surface area contributed by atoms with Crippen LogP contribution in [0, 0.1) is 24.7 Å². The van der Waals surface area contributed by atoms with E-state index >= 15 is 0 Å². The molecule has 2 N–H and O–H groups in total. The first-order valence-corrected chi connectivity index (χ1v) is 10.1. The maximum Gasteiger partial charge on any atom is 0.247 e. The Hall–Kier alpha value is -1.75. The van der Waals surface area contributed by atoms with Gasteiger partial charge in [-0.3, -0.25) is 9.59 Å². The summed E-state index contributed by atoms with van der Waals surface area (Å²) in [5.74, 6) is 0.879. The number of benzene rings is 1. The Morgan fingerprint density at radius 1 is 1.19 bits per heavy atom. The normalized spacial score (nSPS) is 20.9. The van der Waals surface area contributed by atoms with E-state index in [-0.39, 0.29) is 23.7 Å². The van der Waals surface area contributed by atoms with Crippen LogP contribution in [0.4, 0.5) is 5.69 Å². The van der Waals surface area contributed by atoms with Crippen LogP contribution in [0.25, 0.3) is 0 Å². The molecule has 1 aliphatic rings. The SMILES string of the molecule is COc1cc(Cl)c(C)cc1NC(=O)[C@@H](NC(=O)C1CCC(C)CC1)C(C)C. The average molecular weight is 395 g/mol. The molecular formula is C21H31ClN2O3. The number of amides is 2. The first kappa shape index (κ1) is 21.5. The van der Waals surface area contributed by atoms with Crippen LogP contribution in [-0.4, -0.2) is 25.0 Å². The summed E-state index contributed by atoms with van der Waals surface area (Å²) in [5, 5.41) is 6.43. The lowest BCUT2D eigenvalue weighted by molar-refractivity contribution is -0.131. The fraction of sp³-hybridized carbons (Fsp3) is 0.619. The van der Waals surface area contributed by atoms with Gasteiger partial charge < -0.3 is 15.4 Å². The summed E-state index contributed by atoms with van der Waals surface area (Å²) < 4.78 is 5.32. The van der Waals surface area contributed by atoms with E-state index in [1.807, 2.05) is 20.8 Å². The zero-order chi connectivity index (χ0) is 20.1. The Labute approximate surface area is 167 Å². The summed E-state index contributed by atoms with van der Waals surface area (Å²) in [7, 11) is 1.53. The van der Waals surface area contributed by atoms with Crippen LogP contribution in [0.1, 0.15) is 52.0 Å². The highest BCUT2D eigenvalue weighted by Crippen LogP contribution is 2.31. The van der Waals surface area contributed by atoms with Gasteiger partial charge in [0.25, 0.3) is 0 Å². The van der Waals surface area contributed by atoms with Crippen LogP contribution in [0.15, 0.2) is 12.1 Å². The van der Waals surface area contributed by atoms with E-state index in [9.17, 15) is 9.59 Å². The Morgan fingerprint density at radius 3 is 2.37 bits per heavy atom. The molecule has 150 valence electrons. The van der Waals surface area contributed by atoms with Crippen LogP contribution >= 0.6 is 11.6 Å². The number of hydrogen-bond donors (Lipinski definition) is 2. The Kier molecular flexibility index (Phi) is 7.54. The first-order chi connectivity index (χ1) is 12.7. The monoisotopic (exact) mass is 394 g/mol. The summed E-state index contributed by atoms with van der Waals surface area (Å²) in [5.41, 5.74) is 1.39. The number of nitrogens with one attached hydrogen (secondary N) is 2. The van der Waals surface area contributed by atoms with Crippen LogP contribution in [-0.2, 0) is 9.59 Å². The van der Waals surface area contributed by atoms with E-state index in [4.69, 9.17) is 16.3 Å². The van der Waals surface area contributed by atoms with Crippen molar-refractivity contribution in [1.29, 1.82) is 0 Å². The number of rotatable bonds is 6. The van der Waals surface area contributed by atoms with Gasteiger partial charge in [-0.05, 0) is 56.1 Å². The summed E-state index contributed by atoms with van der Waals surface area (Å²) >= 11 is 6.13. The van der Waals surface area contributed by atoms with Crippen LogP contribution in [0.3, 0.4) is 0 Å². The number of aryl methyl sites for hydroxylation is 1. The van der Waals surface area contributed by atoms with Gasteiger partial charge in [-0.15, -0.1) is 0 Å². The van der Waals surface area contributed by atoms with Crippen molar-refractivity contribution < 1.29 is 14.3 Å². The first-order valence-electron chi connectivity index (χ1n) is 9.68. The van der Waals surface area contributed by atoms with E-state index in [0.717, 1.165) is 31.2 Å². The fourth-order valence-corrected chi connectivity index (χ4v) is 3.62. The molecule has 0 aromatic heterocycles. The topological polar surface area (TPSA) is 67.4 Å². The summed E-state index contributed by atoms with van der Waals surface area (Å²) in [6.45, 7) is 7.94. The van der Waals surface area contributed by atoms with Gasteiger partial charge in [0, 0.05) is 17.0 Å². The molecule has 0 heterocycles. The smallest absolute Gasteiger partial charge is 0.247 e. The molecule has 1 aromatic rings. The third-order valence-electron chi connectivity index (χ3n) is 5.37. The highest BCUT2D eigenvalue weighted by molar-refractivity contribution is 6.31. The molecule has 27 heavy (non-hydrogen) atoms.